The molecule has 0 unspecified atom stereocenters. The van der Waals surface area contributed by atoms with E-state index < -0.39 is 0 Å². The van der Waals surface area contributed by atoms with Crippen LogP contribution in [0, 0.1) is 12.7 Å². The van der Waals surface area contributed by atoms with Crippen molar-refractivity contribution in [2.75, 3.05) is 11.9 Å². The molecular weight excluding hydrogens is 257 g/mol. The van der Waals surface area contributed by atoms with Crippen molar-refractivity contribution in [3.63, 3.8) is 0 Å². The van der Waals surface area contributed by atoms with Crippen molar-refractivity contribution in [3.8, 4) is 0 Å². The van der Waals surface area contributed by atoms with Crippen molar-refractivity contribution in [3.05, 3.63) is 57.8 Å². The molecule has 4 nitrogen and oxygen atoms in total. The average Bonchev–Trinajstić information content (AvgIpc) is 2.43. The summed E-state index contributed by atoms with van der Waals surface area (Å²) in [6.07, 6.45) is 2.59. The Morgan fingerprint density at radius 1 is 1.35 bits per heavy atom. The van der Waals surface area contributed by atoms with E-state index in [0.29, 0.717) is 5.69 Å². The number of rotatable bonds is 5. The highest BCUT2D eigenvalue weighted by Crippen LogP contribution is 2.11. The van der Waals surface area contributed by atoms with E-state index >= 15 is 0 Å². The summed E-state index contributed by atoms with van der Waals surface area (Å²) >= 11 is 0. The lowest BCUT2D eigenvalue weighted by Gasteiger charge is -2.09. The number of aromatic nitrogens is 2. The van der Waals surface area contributed by atoms with Gasteiger partial charge in [-0.1, -0.05) is 13.0 Å². The summed E-state index contributed by atoms with van der Waals surface area (Å²) in [6, 6.07) is 6.06. The highest BCUT2D eigenvalue weighted by Gasteiger charge is 2.05. The SMILES string of the molecule is CCCNc1cnn(Cc2cc(F)ccc2C)c(=O)c1. The van der Waals surface area contributed by atoms with Crippen LogP contribution in [0.25, 0.3) is 0 Å². The van der Waals surface area contributed by atoms with Crippen LogP contribution in [0.1, 0.15) is 24.5 Å². The Morgan fingerprint density at radius 2 is 2.15 bits per heavy atom. The van der Waals surface area contributed by atoms with E-state index in [4.69, 9.17) is 0 Å². The van der Waals surface area contributed by atoms with Crippen LogP contribution >= 0.6 is 0 Å². The third-order valence-corrected chi connectivity index (χ3v) is 3.08. The maximum Gasteiger partial charge on any atom is 0.269 e. The van der Waals surface area contributed by atoms with Crippen LogP contribution in [-0.2, 0) is 6.54 Å². The van der Waals surface area contributed by atoms with E-state index in [2.05, 4.69) is 10.4 Å². The second kappa shape index (κ2) is 6.32. The summed E-state index contributed by atoms with van der Waals surface area (Å²) in [7, 11) is 0. The molecule has 0 spiro atoms. The Morgan fingerprint density at radius 3 is 2.85 bits per heavy atom. The van der Waals surface area contributed by atoms with Gasteiger partial charge in [0, 0.05) is 12.6 Å². The Hall–Kier alpha value is -2.17. The number of halogens is 1. The van der Waals surface area contributed by atoms with Crippen LogP contribution in [0.3, 0.4) is 0 Å². The zero-order valence-corrected chi connectivity index (χ0v) is 11.7. The second-order valence-corrected chi connectivity index (χ2v) is 4.74. The number of hydrogen-bond acceptors (Lipinski definition) is 3. The smallest absolute Gasteiger partial charge is 0.269 e. The van der Waals surface area contributed by atoms with Gasteiger partial charge < -0.3 is 5.32 Å². The minimum atomic E-state index is -0.306. The molecular formula is C15H18FN3O. The Kier molecular flexibility index (Phi) is 4.50. The highest BCUT2D eigenvalue weighted by molar-refractivity contribution is 5.38. The summed E-state index contributed by atoms with van der Waals surface area (Å²) in [4.78, 5) is 12.0. The fourth-order valence-corrected chi connectivity index (χ4v) is 1.89. The molecule has 2 rings (SSSR count). The zero-order chi connectivity index (χ0) is 14.5. The predicted molar refractivity (Wildman–Crippen MR) is 77.5 cm³/mol. The lowest BCUT2D eigenvalue weighted by atomic mass is 10.1. The molecule has 20 heavy (non-hydrogen) atoms. The highest BCUT2D eigenvalue weighted by atomic mass is 19.1. The van der Waals surface area contributed by atoms with Crippen LogP contribution in [-0.4, -0.2) is 16.3 Å². The van der Waals surface area contributed by atoms with Crippen LogP contribution in [0.2, 0.25) is 0 Å². The second-order valence-electron chi connectivity index (χ2n) is 4.74. The van der Waals surface area contributed by atoms with Gasteiger partial charge in [0.1, 0.15) is 5.82 Å². The molecule has 1 N–H and O–H groups in total. The molecule has 1 heterocycles. The Balaban J connectivity index is 2.21. The molecule has 1 aromatic carbocycles. The monoisotopic (exact) mass is 275 g/mol. The van der Waals surface area contributed by atoms with Gasteiger partial charge in [0.25, 0.3) is 5.56 Å². The van der Waals surface area contributed by atoms with Gasteiger partial charge in [0.2, 0.25) is 0 Å². The first-order valence-electron chi connectivity index (χ1n) is 6.66. The molecule has 5 heteroatoms. The number of aryl methyl sites for hydroxylation is 1. The standard InChI is InChI=1S/C15H18FN3O/c1-3-6-17-14-8-15(20)19(18-9-14)10-12-7-13(16)5-4-11(12)2/h4-5,7-9,17H,3,6,10H2,1-2H3. The van der Waals surface area contributed by atoms with Crippen molar-refractivity contribution in [2.24, 2.45) is 0 Å². The van der Waals surface area contributed by atoms with E-state index in [9.17, 15) is 9.18 Å². The molecule has 0 atom stereocenters. The lowest BCUT2D eigenvalue weighted by Crippen LogP contribution is -2.23. The average molecular weight is 275 g/mol. The summed E-state index contributed by atoms with van der Waals surface area (Å²) < 4.78 is 14.6. The Labute approximate surface area is 117 Å². The third kappa shape index (κ3) is 3.44. The van der Waals surface area contributed by atoms with E-state index in [0.717, 1.165) is 24.1 Å². The normalized spacial score (nSPS) is 10.6. The van der Waals surface area contributed by atoms with Crippen molar-refractivity contribution in [2.45, 2.75) is 26.8 Å². The van der Waals surface area contributed by atoms with Gasteiger partial charge >= 0.3 is 0 Å². The molecule has 0 saturated carbocycles. The van der Waals surface area contributed by atoms with E-state index in [-0.39, 0.29) is 17.9 Å². The minimum absolute atomic E-state index is 0.199. The molecule has 106 valence electrons. The van der Waals surface area contributed by atoms with E-state index in [1.165, 1.54) is 22.9 Å². The maximum atomic E-state index is 13.2. The lowest BCUT2D eigenvalue weighted by molar-refractivity contribution is 0.609. The van der Waals surface area contributed by atoms with Crippen molar-refractivity contribution < 1.29 is 4.39 Å². The minimum Gasteiger partial charge on any atom is -0.384 e. The van der Waals surface area contributed by atoms with Gasteiger partial charge in [-0.3, -0.25) is 4.79 Å². The van der Waals surface area contributed by atoms with Crippen molar-refractivity contribution in [1.82, 2.24) is 9.78 Å². The molecule has 0 aliphatic rings. The Bertz CT molecular complexity index is 652. The van der Waals surface area contributed by atoms with Crippen LogP contribution in [0.4, 0.5) is 10.1 Å². The van der Waals surface area contributed by atoms with Gasteiger partial charge in [-0.2, -0.15) is 5.10 Å². The number of anilines is 1. The van der Waals surface area contributed by atoms with Gasteiger partial charge in [-0.25, -0.2) is 9.07 Å². The summed E-state index contributed by atoms with van der Waals surface area (Å²) in [6.45, 7) is 5.01. The molecule has 0 saturated heterocycles. The number of nitrogens with one attached hydrogen (secondary N) is 1. The number of benzene rings is 1. The van der Waals surface area contributed by atoms with Crippen LogP contribution < -0.4 is 10.9 Å². The first-order chi connectivity index (χ1) is 9.60. The molecule has 0 radical (unpaired) electrons. The van der Waals surface area contributed by atoms with Gasteiger partial charge in [0.05, 0.1) is 18.4 Å². The molecule has 0 aliphatic carbocycles. The van der Waals surface area contributed by atoms with Gasteiger partial charge in [-0.15, -0.1) is 0 Å². The molecule has 1 aromatic heterocycles. The quantitative estimate of drug-likeness (QED) is 0.912. The number of hydrogen-bond donors (Lipinski definition) is 1. The fraction of sp³-hybridized carbons (Fsp3) is 0.333. The third-order valence-electron chi connectivity index (χ3n) is 3.08. The van der Waals surface area contributed by atoms with E-state index in [1.54, 1.807) is 12.3 Å². The summed E-state index contributed by atoms with van der Waals surface area (Å²) in [5.74, 6) is -0.306. The van der Waals surface area contributed by atoms with Crippen LogP contribution in [0.15, 0.2) is 35.3 Å². The molecule has 0 amide bonds. The summed E-state index contributed by atoms with van der Waals surface area (Å²) in [5.41, 5.74) is 2.21. The first kappa shape index (κ1) is 14.2. The van der Waals surface area contributed by atoms with Crippen LogP contribution in [0.5, 0.6) is 0 Å². The number of nitrogens with zero attached hydrogens (tertiary/aromatic N) is 2. The first-order valence-corrected chi connectivity index (χ1v) is 6.66. The molecule has 0 fully saturated rings. The largest absolute Gasteiger partial charge is 0.384 e. The predicted octanol–water partition coefficient (Wildman–Crippen LogP) is 2.56. The van der Waals surface area contributed by atoms with Crippen molar-refractivity contribution in [1.29, 1.82) is 0 Å². The topological polar surface area (TPSA) is 46.9 Å². The van der Waals surface area contributed by atoms with Gasteiger partial charge in [0.15, 0.2) is 0 Å². The summed E-state index contributed by atoms with van der Waals surface area (Å²) in [5, 5.41) is 7.23. The van der Waals surface area contributed by atoms with Crippen molar-refractivity contribution >= 4 is 5.69 Å². The maximum absolute atomic E-state index is 13.2. The van der Waals surface area contributed by atoms with E-state index in [1.807, 2.05) is 13.8 Å². The van der Waals surface area contributed by atoms with Gasteiger partial charge in [-0.05, 0) is 36.6 Å². The fourth-order valence-electron chi connectivity index (χ4n) is 1.89. The zero-order valence-electron chi connectivity index (χ0n) is 11.7. The molecule has 0 bridgehead atoms. The molecule has 2 aromatic rings. The molecule has 0 aliphatic heterocycles.